The first-order valence-corrected chi connectivity index (χ1v) is 11.9. The number of hydrogen-bond acceptors (Lipinski definition) is 6. The van der Waals surface area contributed by atoms with E-state index in [9.17, 15) is 17.6 Å². The van der Waals surface area contributed by atoms with Crippen LogP contribution >= 0.6 is 0 Å². The number of halogens is 1. The Morgan fingerprint density at radius 3 is 2.63 bits per heavy atom. The molecule has 0 fully saturated rings. The molecule has 10 heteroatoms. The number of sulfonamides is 1. The van der Waals surface area contributed by atoms with Crippen LogP contribution in [0.4, 0.5) is 15.8 Å². The molecule has 0 aliphatic heterocycles. The molecule has 8 nitrogen and oxygen atoms in total. The Balaban J connectivity index is 1.52. The van der Waals surface area contributed by atoms with E-state index in [0.717, 1.165) is 4.31 Å². The summed E-state index contributed by atoms with van der Waals surface area (Å²) in [7, 11) is -2.51. The lowest BCUT2D eigenvalue weighted by Crippen LogP contribution is -2.26. The van der Waals surface area contributed by atoms with Crippen LogP contribution in [0.1, 0.15) is 11.1 Å². The van der Waals surface area contributed by atoms with Crippen LogP contribution in [0.2, 0.25) is 0 Å². The zero-order chi connectivity index (χ0) is 25.0. The van der Waals surface area contributed by atoms with Gasteiger partial charge in [0.05, 0.1) is 21.8 Å². The summed E-state index contributed by atoms with van der Waals surface area (Å²) < 4.78 is 46.1. The van der Waals surface area contributed by atoms with Crippen LogP contribution in [0.3, 0.4) is 0 Å². The average Bonchev–Trinajstić information content (AvgIpc) is 3.39. The zero-order valence-corrected chi connectivity index (χ0v) is 19.7. The highest BCUT2D eigenvalue weighted by Gasteiger charge is 2.22. The molecule has 35 heavy (non-hydrogen) atoms. The highest BCUT2D eigenvalue weighted by Crippen LogP contribution is 2.26. The van der Waals surface area contributed by atoms with E-state index in [-0.39, 0.29) is 10.8 Å². The van der Waals surface area contributed by atoms with Gasteiger partial charge in [0.2, 0.25) is 18.2 Å². The zero-order valence-electron chi connectivity index (χ0n) is 18.8. The molecule has 0 saturated heterocycles. The molecular formula is C25H21FN4O4S. The van der Waals surface area contributed by atoms with E-state index in [4.69, 9.17) is 4.42 Å². The number of anilines is 2. The molecule has 4 aromatic rings. The Kier molecular flexibility index (Phi) is 6.74. The number of rotatable bonds is 7. The number of carbonyl (C=O) groups is 1. The molecule has 1 N–H and O–H groups in total. The van der Waals surface area contributed by atoms with Crippen LogP contribution in [-0.4, -0.2) is 31.6 Å². The first-order valence-electron chi connectivity index (χ1n) is 10.5. The fraction of sp³-hybridized carbons (Fsp3) is 0.0800. The molecule has 4 rings (SSSR count). The van der Waals surface area contributed by atoms with Crippen molar-refractivity contribution in [3.05, 3.63) is 96.1 Å². The second-order valence-electron chi connectivity index (χ2n) is 7.59. The summed E-state index contributed by atoms with van der Waals surface area (Å²) in [5.41, 5.74) is 2.24. The van der Waals surface area contributed by atoms with Crippen LogP contribution in [0, 0.1) is 12.7 Å². The molecule has 3 aromatic carbocycles. The minimum absolute atomic E-state index is 0.0336. The third kappa shape index (κ3) is 5.28. The molecule has 0 radical (unpaired) electrons. The number of nitrogens with one attached hydrogen (secondary N) is 1. The molecule has 1 aromatic heterocycles. The molecule has 0 saturated carbocycles. The second-order valence-corrected chi connectivity index (χ2v) is 9.56. The van der Waals surface area contributed by atoms with Gasteiger partial charge in [0.25, 0.3) is 10.0 Å². The van der Waals surface area contributed by atoms with Crippen molar-refractivity contribution in [2.24, 2.45) is 0 Å². The second kappa shape index (κ2) is 9.90. The van der Waals surface area contributed by atoms with Crippen LogP contribution < -0.4 is 9.62 Å². The smallest absolute Gasteiger partial charge is 0.264 e. The molecule has 0 bridgehead atoms. The van der Waals surface area contributed by atoms with Gasteiger partial charge in [-0.1, -0.05) is 24.3 Å². The normalized spacial score (nSPS) is 11.5. The number of amides is 1. The first-order chi connectivity index (χ1) is 16.8. The van der Waals surface area contributed by atoms with Crippen LogP contribution in [0.5, 0.6) is 0 Å². The molecule has 1 amide bonds. The van der Waals surface area contributed by atoms with Crippen molar-refractivity contribution < 1.29 is 22.0 Å². The van der Waals surface area contributed by atoms with Crippen molar-refractivity contribution in [1.29, 1.82) is 0 Å². The lowest BCUT2D eigenvalue weighted by molar-refractivity contribution is -0.111. The van der Waals surface area contributed by atoms with E-state index >= 15 is 0 Å². The van der Waals surface area contributed by atoms with E-state index in [1.54, 1.807) is 43.3 Å². The number of aryl methyl sites for hydroxylation is 1. The van der Waals surface area contributed by atoms with Gasteiger partial charge >= 0.3 is 0 Å². The van der Waals surface area contributed by atoms with E-state index in [1.165, 1.54) is 55.9 Å². The van der Waals surface area contributed by atoms with E-state index < -0.39 is 21.7 Å². The molecule has 178 valence electrons. The molecule has 0 aliphatic rings. The Morgan fingerprint density at radius 1 is 1.09 bits per heavy atom. The summed E-state index contributed by atoms with van der Waals surface area (Å²) >= 11 is 0. The minimum Gasteiger partial charge on any atom is -0.423 e. The highest BCUT2D eigenvalue weighted by molar-refractivity contribution is 7.92. The van der Waals surface area contributed by atoms with Crippen molar-refractivity contribution in [2.75, 3.05) is 16.7 Å². The lowest BCUT2D eigenvalue weighted by atomic mass is 10.1. The molecule has 0 unspecified atom stereocenters. The van der Waals surface area contributed by atoms with Crippen LogP contribution in [0.25, 0.3) is 17.5 Å². The van der Waals surface area contributed by atoms with Crippen molar-refractivity contribution >= 4 is 33.4 Å². The summed E-state index contributed by atoms with van der Waals surface area (Å²) in [4.78, 5) is 12.6. The standard InChI is InChI=1S/C25H21FN4O4S/c1-17-14-19(11-12-22(17)26)30(2)35(32,33)20-7-5-6-18(15-20)10-13-24(31)28-23-9-4-3-8-21(23)25-29-27-16-34-25/h3-16H,1-2H3,(H,28,31)/b13-10+. The number of carbonyl (C=O) groups excluding carboxylic acids is 1. The summed E-state index contributed by atoms with van der Waals surface area (Å²) in [5, 5.41) is 10.3. The van der Waals surface area contributed by atoms with Crippen molar-refractivity contribution in [1.82, 2.24) is 10.2 Å². The number of benzene rings is 3. The van der Waals surface area contributed by atoms with Gasteiger partial charge in [-0.2, -0.15) is 0 Å². The molecule has 0 aliphatic carbocycles. The summed E-state index contributed by atoms with van der Waals surface area (Å²) in [6, 6.07) is 17.2. The van der Waals surface area contributed by atoms with Gasteiger partial charge in [-0.25, -0.2) is 12.8 Å². The van der Waals surface area contributed by atoms with Crippen LogP contribution in [-0.2, 0) is 14.8 Å². The third-order valence-corrected chi connectivity index (χ3v) is 7.01. The Morgan fingerprint density at radius 2 is 1.89 bits per heavy atom. The van der Waals surface area contributed by atoms with Crippen molar-refractivity contribution in [3.8, 4) is 11.5 Å². The fourth-order valence-electron chi connectivity index (χ4n) is 3.32. The Bertz CT molecular complexity index is 1500. The summed E-state index contributed by atoms with van der Waals surface area (Å²) in [5.74, 6) is -0.572. The van der Waals surface area contributed by atoms with Crippen LogP contribution in [0.15, 0.2) is 88.5 Å². The number of nitrogens with zero attached hydrogens (tertiary/aromatic N) is 3. The van der Waals surface area contributed by atoms with Gasteiger partial charge in [0.1, 0.15) is 5.82 Å². The number of aromatic nitrogens is 2. The van der Waals surface area contributed by atoms with Gasteiger partial charge in [-0.15, -0.1) is 10.2 Å². The fourth-order valence-corrected chi connectivity index (χ4v) is 4.56. The number of para-hydroxylation sites is 1. The van der Waals surface area contributed by atoms with Gasteiger partial charge in [0.15, 0.2) is 0 Å². The van der Waals surface area contributed by atoms with Gasteiger partial charge in [-0.05, 0) is 66.6 Å². The average molecular weight is 493 g/mol. The van der Waals surface area contributed by atoms with Gasteiger partial charge < -0.3 is 9.73 Å². The summed E-state index contributed by atoms with van der Waals surface area (Å²) in [6.45, 7) is 1.57. The largest absolute Gasteiger partial charge is 0.423 e. The van der Waals surface area contributed by atoms with Crippen molar-refractivity contribution in [2.45, 2.75) is 11.8 Å². The topological polar surface area (TPSA) is 105 Å². The maximum absolute atomic E-state index is 13.6. The quantitative estimate of drug-likeness (QED) is 0.376. The van der Waals surface area contributed by atoms with Gasteiger partial charge in [-0.3, -0.25) is 9.10 Å². The third-order valence-electron chi connectivity index (χ3n) is 5.22. The predicted molar refractivity (Wildman–Crippen MR) is 131 cm³/mol. The highest BCUT2D eigenvalue weighted by atomic mass is 32.2. The lowest BCUT2D eigenvalue weighted by Gasteiger charge is -2.20. The molecule has 1 heterocycles. The molecule has 0 spiro atoms. The SMILES string of the molecule is Cc1cc(N(C)S(=O)(=O)c2cccc(/C=C/C(=O)Nc3ccccc3-c3nnco3)c2)ccc1F. The molecular weight excluding hydrogens is 471 g/mol. The Labute approximate surface area is 201 Å². The number of hydrogen-bond donors (Lipinski definition) is 1. The molecule has 0 atom stereocenters. The maximum atomic E-state index is 13.6. The van der Waals surface area contributed by atoms with E-state index in [0.29, 0.717) is 28.1 Å². The van der Waals surface area contributed by atoms with E-state index in [1.807, 2.05) is 0 Å². The van der Waals surface area contributed by atoms with E-state index in [2.05, 4.69) is 15.5 Å². The minimum atomic E-state index is -3.91. The predicted octanol–water partition coefficient (Wildman–Crippen LogP) is 4.66. The summed E-state index contributed by atoms with van der Waals surface area (Å²) in [6.07, 6.45) is 4.00. The monoisotopic (exact) mass is 492 g/mol. The van der Waals surface area contributed by atoms with Gasteiger partial charge in [0, 0.05) is 13.1 Å². The first kappa shape index (κ1) is 23.8. The maximum Gasteiger partial charge on any atom is 0.264 e. The Hall–Kier alpha value is -4.31. The van der Waals surface area contributed by atoms with Crippen molar-refractivity contribution in [3.63, 3.8) is 0 Å².